The fourth-order valence-corrected chi connectivity index (χ4v) is 2.32. The number of anilines is 1. The van der Waals surface area contributed by atoms with Crippen molar-refractivity contribution in [2.75, 3.05) is 11.9 Å². The summed E-state index contributed by atoms with van der Waals surface area (Å²) in [6, 6.07) is 14.4. The predicted molar refractivity (Wildman–Crippen MR) is 85.5 cm³/mol. The maximum absolute atomic E-state index is 7.53. The van der Waals surface area contributed by atoms with Crippen molar-refractivity contribution in [3.63, 3.8) is 0 Å². The Morgan fingerprint density at radius 2 is 1.80 bits per heavy atom. The van der Waals surface area contributed by atoms with Gasteiger partial charge in [0.15, 0.2) is 0 Å². The number of nitrogens with zero attached hydrogens (tertiary/aromatic N) is 1. The molecule has 2 aromatic carbocycles. The highest BCUT2D eigenvalue weighted by Crippen LogP contribution is 2.20. The van der Waals surface area contributed by atoms with E-state index in [4.69, 9.17) is 11.1 Å². The van der Waals surface area contributed by atoms with Crippen molar-refractivity contribution in [1.29, 1.82) is 5.41 Å². The van der Waals surface area contributed by atoms with Crippen molar-refractivity contribution >= 4 is 11.5 Å². The van der Waals surface area contributed by atoms with Gasteiger partial charge in [-0.05, 0) is 48.7 Å². The van der Waals surface area contributed by atoms with Crippen molar-refractivity contribution in [3.05, 3.63) is 64.7 Å². The highest BCUT2D eigenvalue weighted by atomic mass is 15.1. The van der Waals surface area contributed by atoms with Gasteiger partial charge in [-0.3, -0.25) is 5.41 Å². The topological polar surface area (TPSA) is 53.1 Å². The second-order valence-corrected chi connectivity index (χ2v) is 5.20. The van der Waals surface area contributed by atoms with E-state index in [0.29, 0.717) is 0 Å². The summed E-state index contributed by atoms with van der Waals surface area (Å²) in [6.45, 7) is 4.99. The van der Waals surface area contributed by atoms with E-state index in [1.807, 2.05) is 19.1 Å². The molecule has 0 bridgehead atoms. The Hall–Kier alpha value is -2.29. The van der Waals surface area contributed by atoms with Crippen molar-refractivity contribution in [3.8, 4) is 0 Å². The van der Waals surface area contributed by atoms with Crippen LogP contribution in [0, 0.1) is 19.3 Å². The second kappa shape index (κ2) is 5.78. The van der Waals surface area contributed by atoms with Crippen molar-refractivity contribution in [1.82, 2.24) is 0 Å². The normalized spacial score (nSPS) is 10.3. The fraction of sp³-hybridized carbons (Fsp3) is 0.235. The maximum atomic E-state index is 7.53. The van der Waals surface area contributed by atoms with E-state index < -0.39 is 0 Å². The number of hydrogen-bond donors (Lipinski definition) is 2. The van der Waals surface area contributed by atoms with Crippen molar-refractivity contribution in [2.24, 2.45) is 5.73 Å². The molecular weight excluding hydrogens is 246 g/mol. The van der Waals surface area contributed by atoms with Gasteiger partial charge in [0.2, 0.25) is 0 Å². The molecule has 3 nitrogen and oxygen atoms in total. The zero-order chi connectivity index (χ0) is 14.7. The zero-order valence-corrected chi connectivity index (χ0v) is 12.3. The van der Waals surface area contributed by atoms with Gasteiger partial charge in [0.25, 0.3) is 0 Å². The van der Waals surface area contributed by atoms with Crippen LogP contribution in [0.15, 0.2) is 42.5 Å². The molecule has 0 aliphatic heterocycles. The third-order valence-corrected chi connectivity index (χ3v) is 3.61. The molecule has 104 valence electrons. The van der Waals surface area contributed by atoms with Gasteiger partial charge in [-0.15, -0.1) is 0 Å². The number of amidine groups is 1. The lowest BCUT2D eigenvalue weighted by atomic mass is 10.1. The highest BCUT2D eigenvalue weighted by molar-refractivity contribution is 5.96. The molecule has 0 fully saturated rings. The van der Waals surface area contributed by atoms with Crippen LogP contribution in [0.25, 0.3) is 0 Å². The van der Waals surface area contributed by atoms with Crippen LogP contribution < -0.4 is 10.6 Å². The maximum Gasteiger partial charge on any atom is 0.123 e. The van der Waals surface area contributed by atoms with Crippen LogP contribution in [0.2, 0.25) is 0 Å². The number of nitrogens with one attached hydrogen (secondary N) is 1. The molecule has 0 aliphatic carbocycles. The van der Waals surface area contributed by atoms with Gasteiger partial charge >= 0.3 is 0 Å². The van der Waals surface area contributed by atoms with E-state index >= 15 is 0 Å². The number of benzene rings is 2. The SMILES string of the molecule is Cc1ccccc1CN(C)c1ccc(C(=N)N)c(C)c1. The van der Waals surface area contributed by atoms with Crippen molar-refractivity contribution in [2.45, 2.75) is 20.4 Å². The Morgan fingerprint density at radius 3 is 2.40 bits per heavy atom. The molecule has 20 heavy (non-hydrogen) atoms. The summed E-state index contributed by atoms with van der Waals surface area (Å²) in [6.07, 6.45) is 0. The molecule has 0 spiro atoms. The molecule has 0 saturated carbocycles. The first-order valence-corrected chi connectivity index (χ1v) is 6.69. The Morgan fingerprint density at radius 1 is 1.10 bits per heavy atom. The first-order valence-electron chi connectivity index (χ1n) is 6.69. The number of nitrogen functional groups attached to an aromatic ring is 1. The summed E-state index contributed by atoms with van der Waals surface area (Å²) < 4.78 is 0. The van der Waals surface area contributed by atoms with E-state index in [9.17, 15) is 0 Å². The van der Waals surface area contributed by atoms with E-state index in [0.717, 1.165) is 23.4 Å². The average molecular weight is 267 g/mol. The number of hydrogen-bond acceptors (Lipinski definition) is 2. The molecule has 0 aromatic heterocycles. The Labute approximate surface area is 120 Å². The molecule has 0 saturated heterocycles. The van der Waals surface area contributed by atoms with Crippen LogP contribution in [0.3, 0.4) is 0 Å². The van der Waals surface area contributed by atoms with Gasteiger partial charge in [0.1, 0.15) is 5.84 Å². The van der Waals surface area contributed by atoms with Gasteiger partial charge in [-0.25, -0.2) is 0 Å². The van der Waals surface area contributed by atoms with Gasteiger partial charge in [0.05, 0.1) is 0 Å². The minimum atomic E-state index is 0.121. The predicted octanol–water partition coefficient (Wildman–Crippen LogP) is 3.22. The smallest absolute Gasteiger partial charge is 0.123 e. The number of aryl methyl sites for hydroxylation is 2. The molecule has 2 aromatic rings. The van der Waals surface area contributed by atoms with Crippen LogP contribution in [0.1, 0.15) is 22.3 Å². The standard InChI is InChI=1S/C17H21N3/c1-12-6-4-5-7-14(12)11-20(3)15-8-9-16(17(18)19)13(2)10-15/h4-10H,11H2,1-3H3,(H3,18,19). The molecule has 0 radical (unpaired) electrons. The minimum absolute atomic E-state index is 0.121. The highest BCUT2D eigenvalue weighted by Gasteiger charge is 2.07. The summed E-state index contributed by atoms with van der Waals surface area (Å²) in [7, 11) is 2.08. The molecule has 0 amide bonds. The van der Waals surface area contributed by atoms with Crippen LogP contribution in [-0.2, 0) is 6.54 Å². The summed E-state index contributed by atoms with van der Waals surface area (Å²) in [5, 5.41) is 7.53. The lowest BCUT2D eigenvalue weighted by Crippen LogP contribution is -2.18. The molecule has 3 heteroatoms. The Bertz CT molecular complexity index is 632. The van der Waals surface area contributed by atoms with Crippen LogP contribution in [0.4, 0.5) is 5.69 Å². The quantitative estimate of drug-likeness (QED) is 0.660. The zero-order valence-electron chi connectivity index (χ0n) is 12.3. The Balaban J connectivity index is 2.22. The minimum Gasteiger partial charge on any atom is -0.384 e. The van der Waals surface area contributed by atoms with Crippen LogP contribution >= 0.6 is 0 Å². The monoisotopic (exact) mass is 267 g/mol. The number of nitrogens with two attached hydrogens (primary N) is 1. The third-order valence-electron chi connectivity index (χ3n) is 3.61. The van der Waals surface area contributed by atoms with Gasteiger partial charge < -0.3 is 10.6 Å². The second-order valence-electron chi connectivity index (χ2n) is 5.20. The number of rotatable bonds is 4. The lowest BCUT2D eigenvalue weighted by Gasteiger charge is -2.21. The molecular formula is C17H21N3. The average Bonchev–Trinajstić information content (AvgIpc) is 2.40. The molecule has 2 rings (SSSR count). The summed E-state index contributed by atoms with van der Waals surface area (Å²) in [4.78, 5) is 2.21. The summed E-state index contributed by atoms with van der Waals surface area (Å²) in [5.41, 5.74) is 11.2. The summed E-state index contributed by atoms with van der Waals surface area (Å²) in [5.74, 6) is 0.121. The van der Waals surface area contributed by atoms with Crippen LogP contribution in [-0.4, -0.2) is 12.9 Å². The molecule has 0 heterocycles. The van der Waals surface area contributed by atoms with E-state index in [1.54, 1.807) is 0 Å². The first-order chi connectivity index (χ1) is 9.49. The van der Waals surface area contributed by atoms with Gasteiger partial charge in [0, 0.05) is 24.8 Å². The van der Waals surface area contributed by atoms with E-state index in [2.05, 4.69) is 49.2 Å². The van der Waals surface area contributed by atoms with E-state index in [-0.39, 0.29) is 5.84 Å². The lowest BCUT2D eigenvalue weighted by molar-refractivity contribution is 0.913. The first kappa shape index (κ1) is 14.1. The van der Waals surface area contributed by atoms with E-state index in [1.165, 1.54) is 11.1 Å². The third kappa shape index (κ3) is 2.99. The Kier molecular flexibility index (Phi) is 4.08. The van der Waals surface area contributed by atoms with Gasteiger partial charge in [-0.1, -0.05) is 24.3 Å². The van der Waals surface area contributed by atoms with Crippen LogP contribution in [0.5, 0.6) is 0 Å². The molecule has 3 N–H and O–H groups in total. The summed E-state index contributed by atoms with van der Waals surface area (Å²) >= 11 is 0. The molecule has 0 unspecified atom stereocenters. The van der Waals surface area contributed by atoms with Gasteiger partial charge in [-0.2, -0.15) is 0 Å². The molecule has 0 aliphatic rings. The largest absolute Gasteiger partial charge is 0.384 e. The van der Waals surface area contributed by atoms with Crippen molar-refractivity contribution < 1.29 is 0 Å². The molecule has 0 atom stereocenters. The fourth-order valence-electron chi connectivity index (χ4n) is 2.32.